The smallest absolute Gasteiger partial charge is 0.311 e. The number of para-hydroxylation sites is 3. The van der Waals surface area contributed by atoms with Crippen LogP contribution in [0.4, 0.5) is 17.1 Å². The molecule has 1 aliphatic rings. The summed E-state index contributed by atoms with van der Waals surface area (Å²) >= 11 is 1.34. The van der Waals surface area contributed by atoms with Gasteiger partial charge in [-0.15, -0.1) is 0 Å². The zero-order chi connectivity index (χ0) is 21.5. The number of benzene rings is 2. The lowest BCUT2D eigenvalue weighted by atomic mass is 10.2. The zero-order valence-corrected chi connectivity index (χ0v) is 18.1. The van der Waals surface area contributed by atoms with Gasteiger partial charge in [0.2, 0.25) is 5.91 Å². The molecule has 30 heavy (non-hydrogen) atoms. The molecule has 2 N–H and O–H groups in total. The van der Waals surface area contributed by atoms with Crippen molar-refractivity contribution in [2.45, 2.75) is 32.4 Å². The van der Waals surface area contributed by atoms with Crippen LogP contribution in [0.15, 0.2) is 65.3 Å². The highest BCUT2D eigenvalue weighted by molar-refractivity contribution is 8.15. The monoisotopic (exact) mass is 423 g/mol. The van der Waals surface area contributed by atoms with Crippen molar-refractivity contribution in [3.63, 3.8) is 0 Å². The van der Waals surface area contributed by atoms with Crippen LogP contribution in [-0.2, 0) is 14.3 Å². The normalized spacial score (nSPS) is 13.7. The summed E-state index contributed by atoms with van der Waals surface area (Å²) in [5.74, 6) is -0.423. The lowest BCUT2D eigenvalue weighted by molar-refractivity contribution is -0.142. The first kappa shape index (κ1) is 21.6. The number of amides is 1. The molecule has 0 fully saturated rings. The van der Waals surface area contributed by atoms with Crippen molar-refractivity contribution in [3.05, 3.63) is 65.9 Å². The van der Waals surface area contributed by atoms with E-state index in [1.54, 1.807) is 13.0 Å². The van der Waals surface area contributed by atoms with Crippen molar-refractivity contribution in [2.24, 2.45) is 4.99 Å². The van der Waals surface area contributed by atoms with E-state index in [0.29, 0.717) is 17.3 Å². The van der Waals surface area contributed by atoms with Gasteiger partial charge in [0, 0.05) is 11.4 Å². The van der Waals surface area contributed by atoms with E-state index in [-0.39, 0.29) is 23.5 Å². The number of nitrogens with one attached hydrogen (secondary N) is 2. The maximum absolute atomic E-state index is 12.7. The maximum Gasteiger partial charge on any atom is 0.311 e. The van der Waals surface area contributed by atoms with Crippen molar-refractivity contribution in [3.8, 4) is 0 Å². The summed E-state index contributed by atoms with van der Waals surface area (Å²) in [6.07, 6.45) is 1.91. The predicted octanol–water partition coefficient (Wildman–Crippen LogP) is 5.05. The molecule has 0 aliphatic carbocycles. The van der Waals surface area contributed by atoms with Gasteiger partial charge in [-0.05, 0) is 50.6 Å². The van der Waals surface area contributed by atoms with Gasteiger partial charge in [0.05, 0.1) is 34.7 Å². The Hall–Kier alpha value is -3.06. The SMILES string of the molecule is CCOC(=O)CC1=CC(S[C@H](C)C(=O)Nc2ccccc2C)=Nc2ccccc2N1. The number of rotatable bonds is 6. The van der Waals surface area contributed by atoms with E-state index in [0.717, 1.165) is 22.6 Å². The first-order chi connectivity index (χ1) is 14.5. The summed E-state index contributed by atoms with van der Waals surface area (Å²) < 4.78 is 5.07. The molecular formula is C23H25N3O3S. The molecule has 2 aromatic carbocycles. The number of fused-ring (bicyclic) bond motifs is 1. The van der Waals surface area contributed by atoms with Crippen molar-refractivity contribution in [1.29, 1.82) is 0 Å². The number of ether oxygens (including phenoxy) is 1. The van der Waals surface area contributed by atoms with Gasteiger partial charge in [-0.1, -0.05) is 42.1 Å². The molecular weight excluding hydrogens is 398 g/mol. The molecule has 0 bridgehead atoms. The Morgan fingerprint density at radius 1 is 1.17 bits per heavy atom. The average molecular weight is 424 g/mol. The topological polar surface area (TPSA) is 79.8 Å². The van der Waals surface area contributed by atoms with E-state index >= 15 is 0 Å². The highest BCUT2D eigenvalue weighted by Crippen LogP contribution is 2.32. The van der Waals surface area contributed by atoms with Crippen molar-refractivity contribution in [1.82, 2.24) is 0 Å². The zero-order valence-electron chi connectivity index (χ0n) is 17.3. The number of hydrogen-bond acceptors (Lipinski definition) is 6. The Morgan fingerprint density at radius 2 is 1.90 bits per heavy atom. The van der Waals surface area contributed by atoms with E-state index in [1.165, 1.54) is 11.8 Å². The maximum atomic E-state index is 12.7. The van der Waals surface area contributed by atoms with E-state index < -0.39 is 0 Å². The largest absolute Gasteiger partial charge is 0.466 e. The Labute approximate surface area is 180 Å². The Kier molecular flexibility index (Phi) is 7.30. The Balaban J connectivity index is 1.78. The number of nitrogens with zero attached hydrogens (tertiary/aromatic N) is 1. The minimum atomic E-state index is -0.381. The lowest BCUT2D eigenvalue weighted by Crippen LogP contribution is -2.24. The van der Waals surface area contributed by atoms with Gasteiger partial charge < -0.3 is 15.4 Å². The van der Waals surface area contributed by atoms with Crippen LogP contribution in [0.3, 0.4) is 0 Å². The molecule has 7 heteroatoms. The summed E-state index contributed by atoms with van der Waals surface area (Å²) in [6, 6.07) is 15.3. The molecule has 1 atom stereocenters. The third-order valence-corrected chi connectivity index (χ3v) is 5.46. The second-order valence-corrected chi connectivity index (χ2v) is 8.17. The summed E-state index contributed by atoms with van der Waals surface area (Å²) in [5, 5.41) is 6.50. The minimum Gasteiger partial charge on any atom is -0.466 e. The van der Waals surface area contributed by atoms with E-state index in [4.69, 9.17) is 9.73 Å². The van der Waals surface area contributed by atoms with Gasteiger partial charge >= 0.3 is 5.97 Å². The average Bonchev–Trinajstić information content (AvgIpc) is 2.88. The van der Waals surface area contributed by atoms with Crippen LogP contribution in [0.1, 0.15) is 25.8 Å². The van der Waals surface area contributed by atoms with E-state index in [2.05, 4.69) is 10.6 Å². The van der Waals surface area contributed by atoms with Gasteiger partial charge in [0.15, 0.2) is 0 Å². The summed E-state index contributed by atoms with van der Waals surface area (Å²) in [4.78, 5) is 29.4. The van der Waals surface area contributed by atoms with Gasteiger partial charge in [-0.2, -0.15) is 0 Å². The molecule has 0 unspecified atom stereocenters. The number of carbonyl (C=O) groups excluding carboxylic acids is 2. The molecule has 3 rings (SSSR count). The molecule has 0 saturated heterocycles. The molecule has 1 heterocycles. The first-order valence-corrected chi connectivity index (χ1v) is 10.7. The molecule has 0 spiro atoms. The van der Waals surface area contributed by atoms with Crippen molar-refractivity contribution >= 4 is 45.7 Å². The Bertz CT molecular complexity index is 1000. The fourth-order valence-electron chi connectivity index (χ4n) is 2.89. The van der Waals surface area contributed by atoms with E-state index in [1.807, 2.05) is 62.4 Å². The van der Waals surface area contributed by atoms with Gasteiger partial charge in [0.1, 0.15) is 0 Å². The van der Waals surface area contributed by atoms with Gasteiger partial charge in [0.25, 0.3) is 0 Å². The van der Waals surface area contributed by atoms with Crippen LogP contribution in [0.2, 0.25) is 0 Å². The molecule has 2 aromatic rings. The number of aliphatic imine (C=N–C) groups is 1. The molecule has 156 valence electrons. The van der Waals surface area contributed by atoms with Crippen LogP contribution >= 0.6 is 11.8 Å². The quantitative estimate of drug-likeness (QED) is 0.636. The van der Waals surface area contributed by atoms with Crippen LogP contribution in [0.5, 0.6) is 0 Å². The second-order valence-electron chi connectivity index (χ2n) is 6.81. The molecule has 0 saturated carbocycles. The Morgan fingerprint density at radius 3 is 2.67 bits per heavy atom. The number of aryl methyl sites for hydroxylation is 1. The first-order valence-electron chi connectivity index (χ1n) is 9.80. The van der Waals surface area contributed by atoms with Crippen LogP contribution < -0.4 is 10.6 Å². The molecule has 1 aliphatic heterocycles. The standard InChI is InChI=1S/C23H25N3O3S/c1-4-29-22(27)14-17-13-21(25-20-12-8-7-11-19(20)24-17)30-16(3)23(28)26-18-10-6-5-9-15(18)2/h5-13,16,24H,4,14H2,1-3H3,(H,26,28)/t16-/m1/s1. The highest BCUT2D eigenvalue weighted by atomic mass is 32.2. The van der Waals surface area contributed by atoms with Crippen LogP contribution in [0, 0.1) is 6.92 Å². The summed E-state index contributed by atoms with van der Waals surface area (Å²) in [7, 11) is 0. The third-order valence-electron chi connectivity index (χ3n) is 4.44. The van der Waals surface area contributed by atoms with Crippen molar-refractivity contribution < 1.29 is 14.3 Å². The highest BCUT2D eigenvalue weighted by Gasteiger charge is 2.20. The van der Waals surface area contributed by atoms with Gasteiger partial charge in [-0.3, -0.25) is 9.59 Å². The summed E-state index contributed by atoms with van der Waals surface area (Å²) in [5.41, 5.74) is 4.03. The second kappa shape index (κ2) is 10.1. The molecule has 0 aromatic heterocycles. The van der Waals surface area contributed by atoms with Gasteiger partial charge in [-0.25, -0.2) is 4.99 Å². The predicted molar refractivity (Wildman–Crippen MR) is 123 cm³/mol. The number of thioether (sulfide) groups is 1. The summed E-state index contributed by atoms with van der Waals surface area (Å²) in [6.45, 7) is 5.90. The molecule has 0 radical (unpaired) electrons. The third kappa shape index (κ3) is 5.73. The fourth-order valence-corrected chi connectivity index (χ4v) is 3.78. The van der Waals surface area contributed by atoms with Crippen molar-refractivity contribution in [2.75, 3.05) is 17.2 Å². The lowest BCUT2D eigenvalue weighted by Gasteiger charge is -2.13. The number of hydrogen-bond donors (Lipinski definition) is 2. The van der Waals surface area contributed by atoms with E-state index in [9.17, 15) is 9.59 Å². The number of esters is 1. The molecule has 6 nitrogen and oxygen atoms in total. The van der Waals surface area contributed by atoms with Crippen LogP contribution in [-0.4, -0.2) is 28.8 Å². The molecule has 1 amide bonds. The van der Waals surface area contributed by atoms with Crippen LogP contribution in [0.25, 0.3) is 0 Å². The number of anilines is 2. The number of carbonyl (C=O) groups is 2. The minimum absolute atomic E-state index is 0.103. The fraction of sp³-hybridized carbons (Fsp3) is 0.261.